The molecule has 1 aliphatic heterocycles. The molecular formula is C12H20N4O2. The molecule has 0 radical (unpaired) electrons. The smallest absolute Gasteiger partial charge is 0.229 e. The summed E-state index contributed by atoms with van der Waals surface area (Å²) in [6, 6.07) is 0.244. The molecule has 1 fully saturated rings. The molecule has 1 aromatic rings. The van der Waals surface area contributed by atoms with E-state index in [1.54, 1.807) is 18.0 Å². The lowest BCUT2D eigenvalue weighted by atomic mass is 10.0. The molecule has 2 N–H and O–H groups in total. The molecule has 0 aromatic carbocycles. The normalized spacial score (nSPS) is 23.2. The Hall–Kier alpha value is -1.40. The van der Waals surface area contributed by atoms with Crippen molar-refractivity contribution in [2.45, 2.75) is 25.9 Å². The quantitative estimate of drug-likeness (QED) is 0.799. The first-order chi connectivity index (χ1) is 8.70. The highest BCUT2D eigenvalue weighted by Crippen LogP contribution is 2.17. The Bertz CT molecular complexity index is 405. The molecule has 2 unspecified atom stereocenters. The van der Waals surface area contributed by atoms with Crippen molar-refractivity contribution in [3.8, 4) is 0 Å². The molecular weight excluding hydrogens is 232 g/mol. The number of amides is 1. The van der Waals surface area contributed by atoms with Gasteiger partial charge in [0, 0.05) is 19.3 Å². The first-order valence-electron chi connectivity index (χ1n) is 6.26. The van der Waals surface area contributed by atoms with Gasteiger partial charge in [-0.2, -0.15) is 5.10 Å². The summed E-state index contributed by atoms with van der Waals surface area (Å²) in [6.45, 7) is 4.25. The van der Waals surface area contributed by atoms with E-state index in [1.807, 2.05) is 13.1 Å². The monoisotopic (exact) mass is 252 g/mol. The number of nitrogens with zero attached hydrogens (tertiary/aromatic N) is 2. The van der Waals surface area contributed by atoms with Gasteiger partial charge in [0.05, 0.1) is 31.0 Å². The van der Waals surface area contributed by atoms with E-state index in [-0.39, 0.29) is 17.9 Å². The van der Waals surface area contributed by atoms with E-state index in [1.165, 1.54) is 0 Å². The number of aromatic nitrogens is 2. The number of methoxy groups -OCH3 is 1. The zero-order chi connectivity index (χ0) is 13.0. The van der Waals surface area contributed by atoms with Gasteiger partial charge in [-0.15, -0.1) is 0 Å². The molecule has 1 amide bonds. The fourth-order valence-corrected chi connectivity index (χ4v) is 2.19. The van der Waals surface area contributed by atoms with Gasteiger partial charge in [0.1, 0.15) is 0 Å². The number of rotatable bonds is 5. The summed E-state index contributed by atoms with van der Waals surface area (Å²) < 4.78 is 6.73. The lowest BCUT2D eigenvalue weighted by molar-refractivity contribution is -0.119. The lowest BCUT2D eigenvalue weighted by Gasteiger charge is -2.13. The zero-order valence-corrected chi connectivity index (χ0v) is 10.8. The Balaban J connectivity index is 1.88. The van der Waals surface area contributed by atoms with Crippen molar-refractivity contribution in [1.82, 2.24) is 15.1 Å². The van der Waals surface area contributed by atoms with Gasteiger partial charge >= 0.3 is 0 Å². The third-order valence-electron chi connectivity index (χ3n) is 3.29. The van der Waals surface area contributed by atoms with Gasteiger partial charge in [-0.25, -0.2) is 0 Å². The molecule has 0 aliphatic carbocycles. The lowest BCUT2D eigenvalue weighted by Crippen LogP contribution is -2.31. The largest absolute Gasteiger partial charge is 0.383 e. The molecule has 100 valence electrons. The Morgan fingerprint density at radius 2 is 2.56 bits per heavy atom. The molecule has 18 heavy (non-hydrogen) atoms. The topological polar surface area (TPSA) is 68.2 Å². The van der Waals surface area contributed by atoms with Gasteiger partial charge in [-0.05, 0) is 19.9 Å². The highest BCUT2D eigenvalue weighted by molar-refractivity contribution is 5.92. The Morgan fingerprint density at radius 3 is 3.22 bits per heavy atom. The highest BCUT2D eigenvalue weighted by Gasteiger charge is 2.29. The maximum Gasteiger partial charge on any atom is 0.229 e. The van der Waals surface area contributed by atoms with Gasteiger partial charge in [-0.1, -0.05) is 0 Å². The summed E-state index contributed by atoms with van der Waals surface area (Å²) in [5.41, 5.74) is 0.746. The minimum absolute atomic E-state index is 0.0484. The fraction of sp³-hybridized carbons (Fsp3) is 0.667. The van der Waals surface area contributed by atoms with Crippen molar-refractivity contribution in [2.75, 3.05) is 25.6 Å². The molecule has 2 atom stereocenters. The van der Waals surface area contributed by atoms with Crippen LogP contribution in [0.3, 0.4) is 0 Å². The second-order valence-electron chi connectivity index (χ2n) is 4.61. The fourth-order valence-electron chi connectivity index (χ4n) is 2.19. The minimum atomic E-state index is 0.0484. The first kappa shape index (κ1) is 13.0. The third kappa shape index (κ3) is 3.08. The van der Waals surface area contributed by atoms with Gasteiger partial charge < -0.3 is 15.4 Å². The molecule has 1 saturated heterocycles. The van der Waals surface area contributed by atoms with Crippen LogP contribution in [0.5, 0.6) is 0 Å². The van der Waals surface area contributed by atoms with Crippen LogP contribution in [0.1, 0.15) is 13.3 Å². The Labute approximate surface area is 107 Å². The number of carbonyl (C=O) groups excluding carboxylic acids is 1. The van der Waals surface area contributed by atoms with Gasteiger partial charge in [0.15, 0.2) is 0 Å². The molecule has 6 nitrogen and oxygen atoms in total. The van der Waals surface area contributed by atoms with Gasteiger partial charge in [-0.3, -0.25) is 9.48 Å². The number of ether oxygens (including phenoxy) is 1. The average Bonchev–Trinajstić information content (AvgIpc) is 2.95. The molecule has 0 saturated carbocycles. The molecule has 1 aromatic heterocycles. The number of hydrogen-bond acceptors (Lipinski definition) is 4. The molecule has 2 heterocycles. The van der Waals surface area contributed by atoms with Crippen LogP contribution in [0.4, 0.5) is 5.69 Å². The van der Waals surface area contributed by atoms with E-state index in [4.69, 9.17) is 4.74 Å². The van der Waals surface area contributed by atoms with E-state index >= 15 is 0 Å². The summed E-state index contributed by atoms with van der Waals surface area (Å²) in [6.07, 6.45) is 4.38. The third-order valence-corrected chi connectivity index (χ3v) is 3.29. The van der Waals surface area contributed by atoms with Crippen LogP contribution in [0.2, 0.25) is 0 Å². The Morgan fingerprint density at radius 1 is 1.72 bits per heavy atom. The predicted molar refractivity (Wildman–Crippen MR) is 68.3 cm³/mol. The maximum absolute atomic E-state index is 12.0. The van der Waals surface area contributed by atoms with E-state index < -0.39 is 0 Å². The summed E-state index contributed by atoms with van der Waals surface area (Å²) in [5.74, 6) is 0.117. The van der Waals surface area contributed by atoms with Gasteiger partial charge in [0.25, 0.3) is 0 Å². The summed E-state index contributed by atoms with van der Waals surface area (Å²) in [4.78, 5) is 12.0. The first-order valence-corrected chi connectivity index (χ1v) is 6.26. The Kier molecular flexibility index (Phi) is 4.33. The van der Waals surface area contributed by atoms with Crippen LogP contribution < -0.4 is 10.6 Å². The number of anilines is 1. The van der Waals surface area contributed by atoms with Crippen molar-refractivity contribution < 1.29 is 9.53 Å². The van der Waals surface area contributed by atoms with Crippen LogP contribution in [-0.4, -0.2) is 42.0 Å². The van der Waals surface area contributed by atoms with E-state index in [9.17, 15) is 4.79 Å². The zero-order valence-electron chi connectivity index (χ0n) is 10.8. The van der Waals surface area contributed by atoms with Crippen molar-refractivity contribution in [1.29, 1.82) is 0 Å². The highest BCUT2D eigenvalue weighted by atomic mass is 16.5. The van der Waals surface area contributed by atoms with E-state index in [0.717, 1.165) is 18.7 Å². The summed E-state index contributed by atoms with van der Waals surface area (Å²) in [7, 11) is 1.65. The van der Waals surface area contributed by atoms with Gasteiger partial charge in [0.2, 0.25) is 5.91 Å². The maximum atomic E-state index is 12.0. The van der Waals surface area contributed by atoms with Crippen molar-refractivity contribution in [3.63, 3.8) is 0 Å². The average molecular weight is 252 g/mol. The van der Waals surface area contributed by atoms with Crippen LogP contribution >= 0.6 is 0 Å². The SMILES string of the molecule is COCCn1cc(NC(=O)C2CCNC2C)cn1. The second kappa shape index (κ2) is 5.97. The minimum Gasteiger partial charge on any atom is -0.383 e. The van der Waals surface area contributed by atoms with Crippen molar-refractivity contribution >= 4 is 11.6 Å². The summed E-state index contributed by atoms with van der Waals surface area (Å²) >= 11 is 0. The van der Waals surface area contributed by atoms with Crippen molar-refractivity contribution in [3.05, 3.63) is 12.4 Å². The molecule has 0 spiro atoms. The molecule has 0 bridgehead atoms. The number of nitrogens with one attached hydrogen (secondary N) is 2. The standard InChI is InChI=1S/C12H20N4O2/c1-9-11(3-4-13-9)12(17)15-10-7-14-16(8-10)5-6-18-2/h7-9,11,13H,3-6H2,1-2H3,(H,15,17). The molecule has 2 rings (SSSR count). The molecule has 6 heteroatoms. The van der Waals surface area contributed by atoms with Crippen molar-refractivity contribution in [2.24, 2.45) is 5.92 Å². The van der Waals surface area contributed by atoms with Crippen LogP contribution in [0.15, 0.2) is 12.4 Å². The van der Waals surface area contributed by atoms with Crippen LogP contribution in [0.25, 0.3) is 0 Å². The number of carbonyl (C=O) groups is 1. The van der Waals surface area contributed by atoms with E-state index in [0.29, 0.717) is 13.2 Å². The summed E-state index contributed by atoms with van der Waals surface area (Å²) in [5, 5.41) is 10.3. The van der Waals surface area contributed by atoms with E-state index in [2.05, 4.69) is 15.7 Å². The van der Waals surface area contributed by atoms with Crippen LogP contribution in [-0.2, 0) is 16.1 Å². The van der Waals surface area contributed by atoms with Crippen LogP contribution in [0, 0.1) is 5.92 Å². The molecule has 1 aliphatic rings. The second-order valence-corrected chi connectivity index (χ2v) is 4.61. The number of hydrogen-bond donors (Lipinski definition) is 2. The predicted octanol–water partition coefficient (Wildman–Crippen LogP) is 0.466.